The van der Waals surface area contributed by atoms with Gasteiger partial charge in [0.05, 0.1) is 25.4 Å². The SMILES string of the molecule is CCCCCCCC/C=C\CCCCCCCCCC(=O)OCCCCCCCCCCCCCCCCCC(=O)NC(CO)C(O)CCCCCCCCCCCCCCCC. The molecule has 0 aromatic rings. The Morgan fingerprint density at radius 1 is 0.429 bits per heavy atom. The van der Waals surface area contributed by atoms with Gasteiger partial charge >= 0.3 is 5.97 Å². The molecule has 6 heteroatoms. The maximum absolute atomic E-state index is 12.5. The van der Waals surface area contributed by atoms with E-state index >= 15 is 0 Å². The summed E-state index contributed by atoms with van der Waals surface area (Å²) in [6, 6.07) is -0.547. The lowest BCUT2D eigenvalue weighted by Crippen LogP contribution is -2.45. The highest BCUT2D eigenvalue weighted by Crippen LogP contribution is 2.17. The van der Waals surface area contributed by atoms with Crippen LogP contribution in [0.25, 0.3) is 0 Å². The van der Waals surface area contributed by atoms with Gasteiger partial charge in [0.2, 0.25) is 5.91 Å². The second-order valence-electron chi connectivity index (χ2n) is 19.6. The molecular formula is C57H111NO5. The van der Waals surface area contributed by atoms with Crippen molar-refractivity contribution in [1.82, 2.24) is 5.32 Å². The molecular weight excluding hydrogens is 779 g/mol. The maximum Gasteiger partial charge on any atom is 0.305 e. The zero-order valence-electron chi connectivity index (χ0n) is 42.6. The minimum atomic E-state index is -0.669. The lowest BCUT2D eigenvalue weighted by Gasteiger charge is -2.22. The molecule has 0 aromatic heterocycles. The molecule has 2 unspecified atom stereocenters. The Kier molecular flexibility index (Phi) is 52.0. The summed E-state index contributed by atoms with van der Waals surface area (Å²) < 4.78 is 5.48. The van der Waals surface area contributed by atoms with Crippen LogP contribution in [0.15, 0.2) is 12.2 Å². The molecule has 1 amide bonds. The number of ether oxygens (including phenoxy) is 1. The van der Waals surface area contributed by atoms with Crippen LogP contribution in [0.4, 0.5) is 0 Å². The maximum atomic E-state index is 12.5. The predicted molar refractivity (Wildman–Crippen MR) is 273 cm³/mol. The molecule has 0 aliphatic heterocycles. The van der Waals surface area contributed by atoms with Crippen molar-refractivity contribution in [2.45, 2.75) is 328 Å². The number of aliphatic hydroxyl groups excluding tert-OH is 2. The molecule has 0 saturated heterocycles. The van der Waals surface area contributed by atoms with E-state index in [1.807, 2.05) is 0 Å². The Balaban J connectivity index is 3.41. The molecule has 0 aromatic carbocycles. The van der Waals surface area contributed by atoms with Gasteiger partial charge in [0, 0.05) is 12.8 Å². The molecule has 0 saturated carbocycles. The molecule has 0 fully saturated rings. The normalized spacial score (nSPS) is 12.6. The Morgan fingerprint density at radius 3 is 1.13 bits per heavy atom. The number of carbonyl (C=O) groups is 2. The molecule has 2 atom stereocenters. The van der Waals surface area contributed by atoms with Crippen LogP contribution < -0.4 is 5.32 Å². The number of rotatable bonds is 53. The van der Waals surface area contributed by atoms with Gasteiger partial charge in [-0.05, 0) is 51.4 Å². The Labute approximate surface area is 393 Å². The van der Waals surface area contributed by atoms with Crippen molar-refractivity contribution < 1.29 is 24.5 Å². The zero-order chi connectivity index (χ0) is 45.8. The number of allylic oxidation sites excluding steroid dienone is 2. The van der Waals surface area contributed by atoms with Crippen molar-refractivity contribution in [1.29, 1.82) is 0 Å². The van der Waals surface area contributed by atoms with Gasteiger partial charge in [-0.1, -0.05) is 264 Å². The van der Waals surface area contributed by atoms with E-state index in [1.54, 1.807) is 0 Å². The van der Waals surface area contributed by atoms with Crippen LogP contribution >= 0.6 is 0 Å². The monoisotopic (exact) mass is 890 g/mol. The molecule has 0 rings (SSSR count). The van der Waals surface area contributed by atoms with Gasteiger partial charge in [0.1, 0.15) is 0 Å². The summed E-state index contributed by atoms with van der Waals surface area (Å²) in [5.74, 6) is -0.0441. The van der Waals surface area contributed by atoms with Gasteiger partial charge in [-0.3, -0.25) is 9.59 Å². The van der Waals surface area contributed by atoms with E-state index in [-0.39, 0.29) is 18.5 Å². The largest absolute Gasteiger partial charge is 0.466 e. The first-order chi connectivity index (χ1) is 31.0. The molecule has 374 valence electrons. The van der Waals surface area contributed by atoms with E-state index in [0.29, 0.717) is 25.9 Å². The number of aliphatic hydroxyl groups is 2. The van der Waals surface area contributed by atoms with Gasteiger partial charge in [0.25, 0.3) is 0 Å². The number of nitrogens with one attached hydrogen (secondary N) is 1. The third kappa shape index (κ3) is 49.9. The van der Waals surface area contributed by atoms with Crippen molar-refractivity contribution >= 4 is 11.9 Å². The number of unbranched alkanes of at least 4 members (excludes halogenated alkanes) is 40. The van der Waals surface area contributed by atoms with Crippen LogP contribution in [0.2, 0.25) is 0 Å². The van der Waals surface area contributed by atoms with Crippen LogP contribution in [0.1, 0.15) is 316 Å². The topological polar surface area (TPSA) is 95.9 Å². The molecule has 0 aliphatic carbocycles. The Hall–Kier alpha value is -1.40. The summed E-state index contributed by atoms with van der Waals surface area (Å²) >= 11 is 0. The van der Waals surface area contributed by atoms with Gasteiger partial charge < -0.3 is 20.3 Å². The van der Waals surface area contributed by atoms with Crippen LogP contribution in [0.5, 0.6) is 0 Å². The molecule has 63 heavy (non-hydrogen) atoms. The molecule has 0 spiro atoms. The highest BCUT2D eigenvalue weighted by atomic mass is 16.5. The summed E-state index contributed by atoms with van der Waals surface area (Å²) in [6.45, 7) is 4.94. The molecule has 6 nitrogen and oxygen atoms in total. The average Bonchev–Trinajstić information content (AvgIpc) is 3.28. The lowest BCUT2D eigenvalue weighted by atomic mass is 10.0. The van der Waals surface area contributed by atoms with E-state index in [0.717, 1.165) is 44.9 Å². The van der Waals surface area contributed by atoms with Crippen molar-refractivity contribution in [3.05, 3.63) is 12.2 Å². The number of amides is 1. The molecule has 0 aliphatic rings. The highest BCUT2D eigenvalue weighted by molar-refractivity contribution is 5.76. The predicted octanol–water partition coefficient (Wildman–Crippen LogP) is 17.3. The second kappa shape index (κ2) is 53.2. The van der Waals surface area contributed by atoms with Crippen LogP contribution in [0.3, 0.4) is 0 Å². The second-order valence-corrected chi connectivity index (χ2v) is 19.6. The first-order valence-electron chi connectivity index (χ1n) is 28.4. The fraction of sp³-hybridized carbons (Fsp3) is 0.930. The number of hydrogen-bond acceptors (Lipinski definition) is 5. The lowest BCUT2D eigenvalue weighted by molar-refractivity contribution is -0.143. The summed E-state index contributed by atoms with van der Waals surface area (Å²) in [5, 5.41) is 23.2. The van der Waals surface area contributed by atoms with Gasteiger partial charge in [-0.25, -0.2) is 0 Å². The Morgan fingerprint density at radius 2 is 0.746 bits per heavy atom. The van der Waals surface area contributed by atoms with Gasteiger partial charge in [0.15, 0.2) is 0 Å². The van der Waals surface area contributed by atoms with Gasteiger partial charge in [-0.15, -0.1) is 0 Å². The quantitative estimate of drug-likeness (QED) is 0.0321. The first-order valence-corrected chi connectivity index (χ1v) is 28.4. The average molecular weight is 891 g/mol. The van der Waals surface area contributed by atoms with E-state index < -0.39 is 12.1 Å². The zero-order valence-corrected chi connectivity index (χ0v) is 42.6. The van der Waals surface area contributed by atoms with Crippen molar-refractivity contribution in [3.63, 3.8) is 0 Å². The van der Waals surface area contributed by atoms with Crippen LogP contribution in [-0.2, 0) is 14.3 Å². The van der Waals surface area contributed by atoms with E-state index in [1.165, 1.54) is 238 Å². The Bertz CT molecular complexity index is 939. The van der Waals surface area contributed by atoms with Crippen molar-refractivity contribution in [2.24, 2.45) is 0 Å². The third-order valence-corrected chi connectivity index (χ3v) is 13.3. The number of hydrogen-bond donors (Lipinski definition) is 3. The highest BCUT2D eigenvalue weighted by Gasteiger charge is 2.20. The molecule has 0 radical (unpaired) electrons. The number of carbonyl (C=O) groups excluding carboxylic acids is 2. The van der Waals surface area contributed by atoms with E-state index in [9.17, 15) is 19.8 Å². The molecule has 0 heterocycles. The fourth-order valence-corrected chi connectivity index (χ4v) is 8.93. The molecule has 0 bridgehead atoms. The summed E-state index contributed by atoms with van der Waals surface area (Å²) in [5.41, 5.74) is 0. The fourth-order valence-electron chi connectivity index (χ4n) is 8.93. The smallest absolute Gasteiger partial charge is 0.305 e. The van der Waals surface area contributed by atoms with Crippen molar-refractivity contribution in [3.8, 4) is 0 Å². The van der Waals surface area contributed by atoms with E-state index in [4.69, 9.17) is 4.74 Å². The van der Waals surface area contributed by atoms with Gasteiger partial charge in [-0.2, -0.15) is 0 Å². The standard InChI is InChI=1S/C57H111NO5/c1-3-5-7-9-11-13-15-17-19-20-23-27-31-35-39-43-47-51-57(62)63-52-48-44-40-36-32-28-24-21-22-26-30-34-38-42-46-50-56(61)58-54(53-59)55(60)49-45-41-37-33-29-25-18-16-14-12-10-8-6-4-2/h17,19,54-55,59-60H,3-16,18,20-53H2,1-2H3,(H,58,61)/b19-17-. The molecule has 3 N–H and O–H groups in total. The summed E-state index contributed by atoms with van der Waals surface area (Å²) in [7, 11) is 0. The summed E-state index contributed by atoms with van der Waals surface area (Å²) in [6.07, 6.45) is 61.9. The number of esters is 1. The third-order valence-electron chi connectivity index (χ3n) is 13.3. The van der Waals surface area contributed by atoms with Crippen molar-refractivity contribution in [2.75, 3.05) is 13.2 Å². The summed E-state index contributed by atoms with van der Waals surface area (Å²) in [4.78, 5) is 24.5. The van der Waals surface area contributed by atoms with E-state index in [2.05, 4.69) is 31.3 Å². The minimum Gasteiger partial charge on any atom is -0.466 e. The van der Waals surface area contributed by atoms with Crippen LogP contribution in [0, 0.1) is 0 Å². The van der Waals surface area contributed by atoms with Crippen LogP contribution in [-0.4, -0.2) is 47.4 Å². The minimum absolute atomic E-state index is 0.00207. The first kappa shape index (κ1) is 61.6.